The number of likely N-dealkylation sites (N-methyl/N-ethyl adjacent to an activating group) is 1. The first-order valence-corrected chi connectivity index (χ1v) is 9.30. The fourth-order valence-electron chi connectivity index (χ4n) is 3.31. The second-order valence-electron chi connectivity index (χ2n) is 6.87. The Morgan fingerprint density at radius 3 is 2.38 bits per heavy atom. The first kappa shape index (κ1) is 20.8. The second-order valence-corrected chi connectivity index (χ2v) is 6.87. The first-order chi connectivity index (χ1) is 13.6. The summed E-state index contributed by atoms with van der Waals surface area (Å²) < 4.78 is 4.74. The van der Waals surface area contributed by atoms with Crippen molar-refractivity contribution in [2.75, 3.05) is 50.6 Å². The van der Waals surface area contributed by atoms with E-state index in [0.29, 0.717) is 11.5 Å². The van der Waals surface area contributed by atoms with Gasteiger partial charge in [0.15, 0.2) is 0 Å². The molecule has 4 rings (SSSR count). The van der Waals surface area contributed by atoms with Crippen LogP contribution in [0.3, 0.4) is 0 Å². The van der Waals surface area contributed by atoms with Gasteiger partial charge in [0.1, 0.15) is 5.82 Å². The van der Waals surface area contributed by atoms with Crippen molar-refractivity contribution in [3.05, 3.63) is 54.1 Å². The van der Waals surface area contributed by atoms with E-state index >= 15 is 0 Å². The first-order valence-electron chi connectivity index (χ1n) is 9.30. The van der Waals surface area contributed by atoms with E-state index in [2.05, 4.69) is 33.2 Å². The van der Waals surface area contributed by atoms with E-state index in [4.69, 9.17) is 9.72 Å². The average Bonchev–Trinajstić information content (AvgIpc) is 2.74. The van der Waals surface area contributed by atoms with Crippen molar-refractivity contribution in [2.45, 2.75) is 0 Å². The van der Waals surface area contributed by atoms with Crippen LogP contribution in [-0.4, -0.2) is 61.2 Å². The number of anilines is 3. The van der Waals surface area contributed by atoms with Crippen LogP contribution in [0.2, 0.25) is 0 Å². The Labute approximate surface area is 176 Å². The molecule has 0 bridgehead atoms. The van der Waals surface area contributed by atoms with E-state index in [1.165, 1.54) is 7.11 Å². The molecule has 1 aliphatic rings. The Morgan fingerprint density at radius 2 is 1.69 bits per heavy atom. The number of nitrogens with zero attached hydrogens (tertiary/aromatic N) is 4. The summed E-state index contributed by atoms with van der Waals surface area (Å²) in [5.74, 6) is 1.14. The summed E-state index contributed by atoms with van der Waals surface area (Å²) in [4.78, 5) is 25.7. The van der Waals surface area contributed by atoms with Crippen molar-refractivity contribution in [1.29, 1.82) is 0 Å². The molecule has 0 unspecified atom stereocenters. The van der Waals surface area contributed by atoms with E-state index in [0.717, 1.165) is 48.6 Å². The number of hydrogen-bond donors (Lipinski definition) is 1. The smallest absolute Gasteiger partial charge is 0.337 e. The van der Waals surface area contributed by atoms with Gasteiger partial charge in [0.05, 0.1) is 18.2 Å². The normalized spacial score (nSPS) is 14.3. The van der Waals surface area contributed by atoms with Gasteiger partial charge < -0.3 is 19.9 Å². The zero-order valence-corrected chi connectivity index (χ0v) is 17.3. The van der Waals surface area contributed by atoms with Crippen LogP contribution in [-0.2, 0) is 4.74 Å². The Hall–Kier alpha value is -2.90. The molecule has 1 aromatic heterocycles. The third-order valence-corrected chi connectivity index (χ3v) is 4.95. The van der Waals surface area contributed by atoms with Crippen LogP contribution in [0.4, 0.5) is 17.5 Å². The quantitative estimate of drug-likeness (QED) is 0.658. The SMILES string of the molecule is COC(=O)c1ccc(Nc2nc(N3CCN(C)CC3)c3ccccc3n2)cc1.Cl. The molecule has 1 saturated heterocycles. The summed E-state index contributed by atoms with van der Waals surface area (Å²) in [5.41, 5.74) is 2.22. The molecule has 2 heterocycles. The molecule has 0 aliphatic carbocycles. The molecular formula is C21H24ClN5O2. The van der Waals surface area contributed by atoms with Crippen LogP contribution >= 0.6 is 12.4 Å². The minimum atomic E-state index is -0.356. The molecule has 8 heteroatoms. The predicted octanol–water partition coefficient (Wildman–Crippen LogP) is 3.33. The van der Waals surface area contributed by atoms with Gasteiger partial charge in [0, 0.05) is 37.3 Å². The number of aromatic nitrogens is 2. The van der Waals surface area contributed by atoms with Gasteiger partial charge in [-0.1, -0.05) is 12.1 Å². The third-order valence-electron chi connectivity index (χ3n) is 4.95. The number of esters is 1. The van der Waals surface area contributed by atoms with Crippen LogP contribution in [0.5, 0.6) is 0 Å². The summed E-state index contributed by atoms with van der Waals surface area (Å²) in [7, 11) is 3.51. The lowest BCUT2D eigenvalue weighted by atomic mass is 10.2. The molecule has 0 saturated carbocycles. The van der Waals surface area contributed by atoms with Crippen LogP contribution in [0, 0.1) is 0 Å². The highest BCUT2D eigenvalue weighted by molar-refractivity contribution is 5.91. The molecule has 0 amide bonds. The molecule has 7 nitrogen and oxygen atoms in total. The van der Waals surface area contributed by atoms with E-state index in [1.54, 1.807) is 12.1 Å². The molecule has 0 radical (unpaired) electrons. The van der Waals surface area contributed by atoms with Gasteiger partial charge in [-0.05, 0) is 43.4 Å². The van der Waals surface area contributed by atoms with Crippen molar-refractivity contribution in [1.82, 2.24) is 14.9 Å². The number of rotatable bonds is 4. The minimum absolute atomic E-state index is 0. The van der Waals surface area contributed by atoms with Crippen molar-refractivity contribution in [2.24, 2.45) is 0 Å². The number of carbonyl (C=O) groups excluding carboxylic acids is 1. The maximum Gasteiger partial charge on any atom is 0.337 e. The van der Waals surface area contributed by atoms with Crippen molar-refractivity contribution >= 4 is 46.7 Å². The largest absolute Gasteiger partial charge is 0.465 e. The summed E-state index contributed by atoms with van der Waals surface area (Å²) in [6.45, 7) is 3.89. The van der Waals surface area contributed by atoms with Gasteiger partial charge >= 0.3 is 5.97 Å². The lowest BCUT2D eigenvalue weighted by molar-refractivity contribution is 0.0601. The number of carbonyl (C=O) groups is 1. The van der Waals surface area contributed by atoms with Gasteiger partial charge in [-0.2, -0.15) is 4.98 Å². The number of fused-ring (bicyclic) bond motifs is 1. The third kappa shape index (κ3) is 4.58. The standard InChI is InChI=1S/C21H23N5O2.ClH/c1-25-11-13-26(14-12-25)19-17-5-3-4-6-18(17)23-21(24-19)22-16-9-7-15(8-10-16)20(27)28-2;/h3-10H,11-14H2,1-2H3,(H,22,23,24);1H. The molecule has 1 aliphatic heterocycles. The number of benzene rings is 2. The zero-order chi connectivity index (χ0) is 19.5. The highest BCUT2D eigenvalue weighted by Crippen LogP contribution is 2.27. The molecule has 1 N–H and O–H groups in total. The Bertz CT molecular complexity index is 988. The van der Waals surface area contributed by atoms with Crippen LogP contribution in [0.1, 0.15) is 10.4 Å². The monoisotopic (exact) mass is 413 g/mol. The summed E-state index contributed by atoms with van der Waals surface area (Å²) in [5, 5.41) is 4.31. The molecule has 0 atom stereocenters. The number of methoxy groups -OCH3 is 1. The zero-order valence-electron chi connectivity index (χ0n) is 16.5. The minimum Gasteiger partial charge on any atom is -0.465 e. The van der Waals surface area contributed by atoms with E-state index < -0.39 is 0 Å². The van der Waals surface area contributed by atoms with E-state index in [-0.39, 0.29) is 18.4 Å². The Balaban J connectivity index is 0.00000240. The molecule has 2 aromatic carbocycles. The maximum atomic E-state index is 11.6. The number of piperazine rings is 1. The lowest BCUT2D eigenvalue weighted by Crippen LogP contribution is -2.45. The summed E-state index contributed by atoms with van der Waals surface area (Å²) in [6, 6.07) is 15.1. The molecule has 152 valence electrons. The fraction of sp³-hybridized carbons (Fsp3) is 0.286. The lowest BCUT2D eigenvalue weighted by Gasteiger charge is -2.33. The number of ether oxygens (including phenoxy) is 1. The van der Waals surface area contributed by atoms with Gasteiger partial charge in [-0.15, -0.1) is 12.4 Å². The molecule has 3 aromatic rings. The van der Waals surface area contributed by atoms with E-state index in [1.807, 2.05) is 30.3 Å². The van der Waals surface area contributed by atoms with Crippen LogP contribution in [0.25, 0.3) is 10.9 Å². The topological polar surface area (TPSA) is 70.6 Å². The maximum absolute atomic E-state index is 11.6. The van der Waals surface area contributed by atoms with E-state index in [9.17, 15) is 4.79 Å². The molecule has 29 heavy (non-hydrogen) atoms. The highest BCUT2D eigenvalue weighted by atomic mass is 35.5. The van der Waals surface area contributed by atoms with Gasteiger partial charge in [0.25, 0.3) is 0 Å². The molecule has 1 fully saturated rings. The number of halogens is 1. The molecule has 0 spiro atoms. The van der Waals surface area contributed by atoms with Crippen LogP contribution in [0.15, 0.2) is 48.5 Å². The highest BCUT2D eigenvalue weighted by Gasteiger charge is 2.19. The average molecular weight is 414 g/mol. The molecular weight excluding hydrogens is 390 g/mol. The fourth-order valence-corrected chi connectivity index (χ4v) is 3.31. The Kier molecular flexibility index (Phi) is 6.51. The van der Waals surface area contributed by atoms with Crippen LogP contribution < -0.4 is 10.2 Å². The predicted molar refractivity (Wildman–Crippen MR) is 118 cm³/mol. The Morgan fingerprint density at radius 1 is 1.00 bits per heavy atom. The van der Waals surface area contributed by atoms with Crippen molar-refractivity contribution < 1.29 is 9.53 Å². The van der Waals surface area contributed by atoms with Crippen molar-refractivity contribution in [3.63, 3.8) is 0 Å². The number of nitrogens with one attached hydrogen (secondary N) is 1. The second kappa shape index (κ2) is 9.07. The van der Waals surface area contributed by atoms with Gasteiger partial charge in [0.2, 0.25) is 5.95 Å². The summed E-state index contributed by atoms with van der Waals surface area (Å²) >= 11 is 0. The number of para-hydroxylation sites is 1. The van der Waals surface area contributed by atoms with Crippen molar-refractivity contribution in [3.8, 4) is 0 Å². The number of hydrogen-bond acceptors (Lipinski definition) is 7. The van der Waals surface area contributed by atoms with Gasteiger partial charge in [-0.3, -0.25) is 0 Å². The summed E-state index contributed by atoms with van der Waals surface area (Å²) in [6.07, 6.45) is 0. The van der Waals surface area contributed by atoms with Gasteiger partial charge in [-0.25, -0.2) is 9.78 Å².